The van der Waals surface area contributed by atoms with Gasteiger partial charge in [0.2, 0.25) is 0 Å². The van der Waals surface area contributed by atoms with Crippen LogP contribution in [0.15, 0.2) is 28.7 Å². The maximum Gasteiger partial charge on any atom is 0.0501 e. The van der Waals surface area contributed by atoms with E-state index < -0.39 is 0 Å². The minimum absolute atomic E-state index is 1.00. The molecular formula is C10H15BrN2. The van der Waals surface area contributed by atoms with Gasteiger partial charge >= 0.3 is 0 Å². The van der Waals surface area contributed by atoms with Crippen LogP contribution in [-0.4, -0.2) is 18.1 Å². The van der Waals surface area contributed by atoms with Gasteiger partial charge in [0.25, 0.3) is 0 Å². The molecule has 3 heteroatoms. The highest BCUT2D eigenvalue weighted by molar-refractivity contribution is 9.10. The van der Waals surface area contributed by atoms with Crippen LogP contribution >= 0.6 is 15.9 Å². The van der Waals surface area contributed by atoms with Gasteiger partial charge in [0, 0.05) is 17.6 Å². The van der Waals surface area contributed by atoms with Crippen molar-refractivity contribution >= 4 is 21.6 Å². The summed E-state index contributed by atoms with van der Waals surface area (Å²) in [5, 5.41) is 2.15. The van der Waals surface area contributed by atoms with E-state index in [0.29, 0.717) is 0 Å². The lowest BCUT2D eigenvalue weighted by Gasteiger charge is -2.20. The summed E-state index contributed by atoms with van der Waals surface area (Å²) >= 11 is 3.44. The largest absolute Gasteiger partial charge is 0.319 e. The molecule has 0 saturated heterocycles. The zero-order valence-corrected chi connectivity index (χ0v) is 9.63. The summed E-state index contributed by atoms with van der Waals surface area (Å²) in [4.78, 5) is 0. The third-order valence-electron chi connectivity index (χ3n) is 1.88. The molecule has 0 aliphatic rings. The first kappa shape index (κ1) is 10.5. The molecule has 72 valence electrons. The number of rotatable bonds is 4. The molecule has 13 heavy (non-hydrogen) atoms. The van der Waals surface area contributed by atoms with Crippen LogP contribution in [0.4, 0.5) is 5.69 Å². The number of nitrogens with zero attached hydrogens (tertiary/aromatic N) is 1. The van der Waals surface area contributed by atoms with Crippen molar-refractivity contribution in [2.45, 2.75) is 13.8 Å². The first-order valence-electron chi connectivity index (χ1n) is 4.53. The average Bonchev–Trinajstić information content (AvgIpc) is 2.14. The van der Waals surface area contributed by atoms with E-state index in [1.807, 2.05) is 12.1 Å². The van der Waals surface area contributed by atoms with Crippen molar-refractivity contribution < 1.29 is 0 Å². The Morgan fingerprint density at radius 1 is 1.31 bits per heavy atom. The van der Waals surface area contributed by atoms with Gasteiger partial charge in [-0.15, -0.1) is 0 Å². The molecule has 0 bridgehead atoms. The molecule has 0 heterocycles. The van der Waals surface area contributed by atoms with Crippen molar-refractivity contribution in [1.29, 1.82) is 0 Å². The number of halogens is 1. The zero-order valence-electron chi connectivity index (χ0n) is 8.05. The number of anilines is 1. The molecule has 1 aromatic carbocycles. The Morgan fingerprint density at radius 3 is 2.54 bits per heavy atom. The van der Waals surface area contributed by atoms with Gasteiger partial charge < -0.3 is 5.43 Å². The Balaban J connectivity index is 2.62. The number of benzene rings is 1. The molecule has 0 aliphatic carbocycles. The Labute approximate surface area is 88.0 Å². The van der Waals surface area contributed by atoms with Gasteiger partial charge in [-0.1, -0.05) is 35.8 Å². The van der Waals surface area contributed by atoms with Crippen molar-refractivity contribution in [3.05, 3.63) is 28.7 Å². The van der Waals surface area contributed by atoms with Crippen LogP contribution in [0, 0.1) is 0 Å². The van der Waals surface area contributed by atoms with E-state index in [0.717, 1.165) is 23.2 Å². The number of hydrazine groups is 1. The van der Waals surface area contributed by atoms with Crippen LogP contribution < -0.4 is 5.43 Å². The summed E-state index contributed by atoms with van der Waals surface area (Å²) in [7, 11) is 0. The maximum atomic E-state index is 3.44. The van der Waals surface area contributed by atoms with Crippen LogP contribution in [0.1, 0.15) is 13.8 Å². The molecule has 0 aromatic heterocycles. The van der Waals surface area contributed by atoms with Gasteiger partial charge in [0.05, 0.1) is 5.69 Å². The fraction of sp³-hybridized carbons (Fsp3) is 0.400. The summed E-state index contributed by atoms with van der Waals surface area (Å²) in [5.41, 5.74) is 4.45. The van der Waals surface area contributed by atoms with E-state index >= 15 is 0 Å². The molecular weight excluding hydrogens is 228 g/mol. The SMILES string of the molecule is CCN(CC)Nc1cccc(Br)c1. The highest BCUT2D eigenvalue weighted by atomic mass is 79.9. The zero-order chi connectivity index (χ0) is 9.68. The smallest absolute Gasteiger partial charge is 0.0501 e. The third-order valence-corrected chi connectivity index (χ3v) is 2.37. The monoisotopic (exact) mass is 242 g/mol. The Morgan fingerprint density at radius 2 is 2.00 bits per heavy atom. The van der Waals surface area contributed by atoms with Crippen LogP contribution in [-0.2, 0) is 0 Å². The molecule has 0 aliphatic heterocycles. The molecule has 2 nitrogen and oxygen atoms in total. The van der Waals surface area contributed by atoms with Gasteiger partial charge in [-0.2, -0.15) is 0 Å². The second kappa shape index (κ2) is 5.25. The van der Waals surface area contributed by atoms with Gasteiger partial charge in [-0.3, -0.25) is 0 Å². The molecule has 0 amide bonds. The Bertz CT molecular complexity index is 259. The molecule has 1 rings (SSSR count). The van der Waals surface area contributed by atoms with Crippen LogP contribution in [0.2, 0.25) is 0 Å². The van der Waals surface area contributed by atoms with Gasteiger partial charge in [-0.05, 0) is 18.2 Å². The molecule has 0 spiro atoms. The normalized spacial score (nSPS) is 10.5. The van der Waals surface area contributed by atoms with E-state index in [1.165, 1.54) is 0 Å². The van der Waals surface area contributed by atoms with Gasteiger partial charge in [-0.25, -0.2) is 5.01 Å². The predicted molar refractivity (Wildman–Crippen MR) is 60.7 cm³/mol. The summed E-state index contributed by atoms with van der Waals surface area (Å²) in [5.74, 6) is 0. The fourth-order valence-corrected chi connectivity index (χ4v) is 1.52. The van der Waals surface area contributed by atoms with Gasteiger partial charge in [0.1, 0.15) is 0 Å². The number of hydrogen-bond acceptors (Lipinski definition) is 2. The topological polar surface area (TPSA) is 15.3 Å². The van der Waals surface area contributed by atoms with Crippen molar-refractivity contribution in [1.82, 2.24) is 5.01 Å². The Hall–Kier alpha value is -0.540. The molecule has 0 fully saturated rings. The van der Waals surface area contributed by atoms with E-state index in [4.69, 9.17) is 0 Å². The first-order chi connectivity index (χ1) is 6.26. The quantitative estimate of drug-likeness (QED) is 0.817. The summed E-state index contributed by atoms with van der Waals surface area (Å²) in [6, 6.07) is 8.17. The van der Waals surface area contributed by atoms with E-state index in [-0.39, 0.29) is 0 Å². The fourth-order valence-electron chi connectivity index (χ4n) is 1.12. The van der Waals surface area contributed by atoms with E-state index in [9.17, 15) is 0 Å². The van der Waals surface area contributed by atoms with Crippen molar-refractivity contribution in [2.24, 2.45) is 0 Å². The molecule has 0 atom stereocenters. The molecule has 1 N–H and O–H groups in total. The van der Waals surface area contributed by atoms with Crippen LogP contribution in [0.3, 0.4) is 0 Å². The highest BCUT2D eigenvalue weighted by Gasteiger charge is 1.98. The number of nitrogens with one attached hydrogen (secondary N) is 1. The summed E-state index contributed by atoms with van der Waals surface area (Å²) < 4.78 is 1.10. The summed E-state index contributed by atoms with van der Waals surface area (Å²) in [6.45, 7) is 6.27. The lowest BCUT2D eigenvalue weighted by atomic mass is 10.3. The molecule has 0 saturated carbocycles. The first-order valence-corrected chi connectivity index (χ1v) is 5.32. The summed E-state index contributed by atoms with van der Waals surface area (Å²) in [6.07, 6.45) is 0. The highest BCUT2D eigenvalue weighted by Crippen LogP contribution is 2.15. The second-order valence-electron chi connectivity index (χ2n) is 2.79. The van der Waals surface area contributed by atoms with Crippen molar-refractivity contribution in [3.63, 3.8) is 0 Å². The predicted octanol–water partition coefficient (Wildman–Crippen LogP) is 3.12. The van der Waals surface area contributed by atoms with E-state index in [1.54, 1.807) is 0 Å². The minimum atomic E-state index is 1.00. The molecule has 0 unspecified atom stereocenters. The van der Waals surface area contributed by atoms with E-state index in [2.05, 4.69) is 52.3 Å². The maximum absolute atomic E-state index is 3.44. The Kier molecular flexibility index (Phi) is 4.25. The molecule has 0 radical (unpaired) electrons. The van der Waals surface area contributed by atoms with Gasteiger partial charge in [0.15, 0.2) is 0 Å². The van der Waals surface area contributed by atoms with Crippen LogP contribution in [0.25, 0.3) is 0 Å². The van der Waals surface area contributed by atoms with Crippen molar-refractivity contribution in [2.75, 3.05) is 18.5 Å². The second-order valence-corrected chi connectivity index (χ2v) is 3.71. The standard InChI is InChI=1S/C10H15BrN2/c1-3-13(4-2)12-10-7-5-6-9(11)8-10/h5-8,12H,3-4H2,1-2H3. The number of hydrogen-bond donors (Lipinski definition) is 1. The lowest BCUT2D eigenvalue weighted by Crippen LogP contribution is -2.29. The molecule has 1 aromatic rings. The van der Waals surface area contributed by atoms with Crippen molar-refractivity contribution in [3.8, 4) is 0 Å². The van der Waals surface area contributed by atoms with Crippen LogP contribution in [0.5, 0.6) is 0 Å². The lowest BCUT2D eigenvalue weighted by molar-refractivity contribution is 0.367. The average molecular weight is 243 g/mol. The minimum Gasteiger partial charge on any atom is -0.319 e. The third kappa shape index (κ3) is 3.36.